The summed E-state index contributed by atoms with van der Waals surface area (Å²) in [4.78, 5) is 16.2. The van der Waals surface area contributed by atoms with Crippen LogP contribution in [0.1, 0.15) is 40.9 Å². The molecule has 3 aromatic rings. The molecule has 0 bridgehead atoms. The van der Waals surface area contributed by atoms with Crippen LogP contribution in [-0.4, -0.2) is 59.9 Å². The monoisotopic (exact) mass is 504 g/mol. The average molecular weight is 505 g/mol. The molecule has 7 heteroatoms. The number of carboxylic acids is 1. The highest BCUT2D eigenvalue weighted by Crippen LogP contribution is 2.37. The van der Waals surface area contributed by atoms with E-state index in [4.69, 9.17) is 9.84 Å². The number of rotatable bonds is 4. The zero-order valence-electron chi connectivity index (χ0n) is 21.2. The smallest absolute Gasteiger partial charge is 0.335 e. The molecule has 5 rings (SSSR count). The summed E-state index contributed by atoms with van der Waals surface area (Å²) in [6.07, 6.45) is 2.02. The van der Waals surface area contributed by atoms with E-state index in [-0.39, 0.29) is 17.5 Å². The minimum absolute atomic E-state index is 0.167. The highest BCUT2D eigenvalue weighted by molar-refractivity contribution is 5.92. The zero-order chi connectivity index (χ0) is 26.4. The molecule has 0 saturated carbocycles. The van der Waals surface area contributed by atoms with Crippen LogP contribution in [0, 0.1) is 5.82 Å². The fraction of sp³-hybridized carbons (Fsp3) is 0.300. The SMILES string of the molecule is CC(C)O.O=C(O)c1ccc2c(c1)/C(=C/CN1CCN(c3ccc(F)cc3)CC1)c1ccccc1CO2. The number of nitrogens with zero attached hydrogens (tertiary/aromatic N) is 2. The highest BCUT2D eigenvalue weighted by atomic mass is 19.1. The van der Waals surface area contributed by atoms with Crippen LogP contribution in [0.15, 0.2) is 72.8 Å². The first-order valence-electron chi connectivity index (χ1n) is 12.5. The Kier molecular flexibility index (Phi) is 8.58. The van der Waals surface area contributed by atoms with E-state index >= 15 is 0 Å². The summed E-state index contributed by atoms with van der Waals surface area (Å²) in [6.45, 7) is 8.16. The van der Waals surface area contributed by atoms with Gasteiger partial charge in [-0.15, -0.1) is 0 Å². The number of hydrogen-bond acceptors (Lipinski definition) is 5. The van der Waals surface area contributed by atoms with E-state index in [1.54, 1.807) is 32.0 Å². The number of aliphatic hydroxyl groups excluding tert-OH is 1. The zero-order valence-corrected chi connectivity index (χ0v) is 21.2. The van der Waals surface area contributed by atoms with Crippen molar-refractivity contribution in [2.45, 2.75) is 26.6 Å². The molecule has 2 aliphatic heterocycles. The van der Waals surface area contributed by atoms with Crippen molar-refractivity contribution >= 4 is 17.2 Å². The first kappa shape index (κ1) is 26.4. The molecule has 0 aromatic heterocycles. The van der Waals surface area contributed by atoms with E-state index in [0.29, 0.717) is 12.4 Å². The number of aromatic carboxylic acids is 1. The van der Waals surface area contributed by atoms with Crippen molar-refractivity contribution in [3.8, 4) is 5.75 Å². The van der Waals surface area contributed by atoms with Crippen molar-refractivity contribution < 1.29 is 24.1 Å². The predicted octanol–water partition coefficient (Wildman–Crippen LogP) is 5.06. The van der Waals surface area contributed by atoms with Crippen molar-refractivity contribution in [1.82, 2.24) is 4.90 Å². The molecule has 2 N–H and O–H groups in total. The topological polar surface area (TPSA) is 73.2 Å². The fourth-order valence-electron chi connectivity index (χ4n) is 4.49. The van der Waals surface area contributed by atoms with Crippen LogP contribution in [0.25, 0.3) is 5.57 Å². The molecule has 0 unspecified atom stereocenters. The Hall–Kier alpha value is -3.68. The highest BCUT2D eigenvalue weighted by Gasteiger charge is 2.22. The van der Waals surface area contributed by atoms with Gasteiger partial charge < -0.3 is 19.8 Å². The van der Waals surface area contributed by atoms with Gasteiger partial charge in [0.1, 0.15) is 18.2 Å². The summed E-state index contributed by atoms with van der Waals surface area (Å²) in [5.74, 6) is -0.474. The van der Waals surface area contributed by atoms with Gasteiger partial charge in [-0.25, -0.2) is 9.18 Å². The van der Waals surface area contributed by atoms with Crippen molar-refractivity contribution in [3.63, 3.8) is 0 Å². The van der Waals surface area contributed by atoms with E-state index in [2.05, 4.69) is 28.0 Å². The van der Waals surface area contributed by atoms with Crippen molar-refractivity contribution in [2.75, 3.05) is 37.6 Å². The summed E-state index contributed by atoms with van der Waals surface area (Å²) >= 11 is 0. The van der Waals surface area contributed by atoms with Gasteiger partial charge in [0.05, 0.1) is 5.56 Å². The molecule has 1 fully saturated rings. The van der Waals surface area contributed by atoms with E-state index in [1.165, 1.54) is 12.1 Å². The van der Waals surface area contributed by atoms with Crippen LogP contribution in [0.3, 0.4) is 0 Å². The number of aliphatic hydroxyl groups is 1. The standard InChI is InChI=1S/C27H25FN2O3.C3H8O/c28-21-6-8-22(9-7-21)30-15-13-29(14-16-30)12-11-24-23-4-2-1-3-20(23)18-33-26-10-5-19(27(31)32)17-25(24)26;1-3(2)4/h1-11,17H,12-16,18H2,(H,31,32);3-4H,1-2H3/b24-11+;. The second-order valence-electron chi connectivity index (χ2n) is 9.44. The third kappa shape index (κ3) is 6.76. The van der Waals surface area contributed by atoms with Crippen LogP contribution < -0.4 is 9.64 Å². The Bertz CT molecular complexity index is 1250. The molecule has 0 aliphatic carbocycles. The van der Waals surface area contributed by atoms with Gasteiger partial charge in [0.25, 0.3) is 0 Å². The normalized spacial score (nSPS) is 16.2. The van der Waals surface area contributed by atoms with Crippen LogP contribution in [-0.2, 0) is 6.61 Å². The molecule has 3 aromatic carbocycles. The number of carboxylic acid groups (broad SMARTS) is 1. The van der Waals surface area contributed by atoms with Crippen molar-refractivity contribution in [2.24, 2.45) is 0 Å². The quantitative estimate of drug-likeness (QED) is 0.518. The Morgan fingerprint density at radius 3 is 2.35 bits per heavy atom. The number of ether oxygens (including phenoxy) is 1. The number of hydrogen-bond donors (Lipinski definition) is 2. The summed E-state index contributed by atoms with van der Waals surface area (Å²) in [6, 6.07) is 19.8. The molecular weight excluding hydrogens is 471 g/mol. The van der Waals surface area contributed by atoms with Gasteiger partial charge in [0, 0.05) is 50.1 Å². The molecule has 1 saturated heterocycles. The predicted molar refractivity (Wildman–Crippen MR) is 144 cm³/mol. The molecule has 0 amide bonds. The molecule has 0 radical (unpaired) electrons. The van der Waals surface area contributed by atoms with Crippen LogP contribution in [0.4, 0.5) is 10.1 Å². The lowest BCUT2D eigenvalue weighted by Gasteiger charge is -2.35. The molecule has 37 heavy (non-hydrogen) atoms. The number of fused-ring (bicyclic) bond motifs is 2. The number of benzene rings is 3. The Balaban J connectivity index is 0.000000747. The molecule has 2 heterocycles. The summed E-state index contributed by atoms with van der Waals surface area (Å²) in [5, 5.41) is 17.6. The third-order valence-corrected chi connectivity index (χ3v) is 6.33. The molecule has 2 aliphatic rings. The maximum atomic E-state index is 13.2. The van der Waals surface area contributed by atoms with Crippen molar-refractivity contribution in [1.29, 1.82) is 0 Å². The maximum absolute atomic E-state index is 13.2. The van der Waals surface area contributed by atoms with Gasteiger partial charge in [-0.2, -0.15) is 0 Å². The first-order chi connectivity index (χ1) is 17.8. The Morgan fingerprint density at radius 1 is 1.00 bits per heavy atom. The lowest BCUT2D eigenvalue weighted by Crippen LogP contribution is -2.46. The number of carbonyl (C=O) groups is 1. The maximum Gasteiger partial charge on any atom is 0.335 e. The molecule has 6 nitrogen and oxygen atoms in total. The van der Waals surface area contributed by atoms with Gasteiger partial charge in [0.15, 0.2) is 0 Å². The van der Waals surface area contributed by atoms with E-state index < -0.39 is 5.97 Å². The summed E-state index contributed by atoms with van der Waals surface area (Å²) in [7, 11) is 0. The minimum atomic E-state index is -0.952. The van der Waals surface area contributed by atoms with Crippen LogP contribution >= 0.6 is 0 Å². The average Bonchev–Trinajstić information content (AvgIpc) is 3.04. The Morgan fingerprint density at radius 2 is 1.68 bits per heavy atom. The number of halogens is 1. The van der Waals surface area contributed by atoms with E-state index in [9.17, 15) is 14.3 Å². The largest absolute Gasteiger partial charge is 0.488 e. The number of anilines is 1. The lowest BCUT2D eigenvalue weighted by atomic mass is 9.93. The Labute approximate surface area is 217 Å². The first-order valence-corrected chi connectivity index (χ1v) is 12.5. The third-order valence-electron chi connectivity index (χ3n) is 6.33. The number of piperazine rings is 1. The molecule has 194 valence electrons. The second kappa shape index (κ2) is 12.0. The lowest BCUT2D eigenvalue weighted by molar-refractivity contribution is 0.0696. The van der Waals surface area contributed by atoms with Gasteiger partial charge in [0.2, 0.25) is 0 Å². The van der Waals surface area contributed by atoms with Gasteiger partial charge in [-0.05, 0) is 73.0 Å². The van der Waals surface area contributed by atoms with Crippen molar-refractivity contribution in [3.05, 3.63) is 101 Å². The van der Waals surface area contributed by atoms with Gasteiger partial charge in [-0.3, -0.25) is 4.90 Å². The van der Waals surface area contributed by atoms with Crippen LogP contribution in [0.2, 0.25) is 0 Å². The fourth-order valence-corrected chi connectivity index (χ4v) is 4.49. The van der Waals surface area contributed by atoms with Gasteiger partial charge >= 0.3 is 5.97 Å². The second-order valence-corrected chi connectivity index (χ2v) is 9.44. The molecule has 0 atom stereocenters. The minimum Gasteiger partial charge on any atom is -0.488 e. The van der Waals surface area contributed by atoms with E-state index in [1.807, 2.05) is 24.3 Å². The molecule has 0 spiro atoms. The summed E-state index contributed by atoms with van der Waals surface area (Å²) < 4.78 is 19.3. The van der Waals surface area contributed by atoms with E-state index in [0.717, 1.165) is 60.7 Å². The van der Waals surface area contributed by atoms with Gasteiger partial charge in [-0.1, -0.05) is 30.3 Å². The van der Waals surface area contributed by atoms with Crippen LogP contribution in [0.5, 0.6) is 5.75 Å². The molecular formula is C30H33FN2O4. The summed E-state index contributed by atoms with van der Waals surface area (Å²) in [5.41, 5.74) is 5.25.